The van der Waals surface area contributed by atoms with Gasteiger partial charge in [-0.2, -0.15) is 0 Å². The molecule has 3 N–H and O–H groups in total. The van der Waals surface area contributed by atoms with Gasteiger partial charge in [0.2, 0.25) is 0 Å². The fraction of sp³-hybridized carbons (Fsp3) is 0.261. The lowest BCUT2D eigenvalue weighted by Crippen LogP contribution is -2.19. The molecule has 0 saturated carbocycles. The Morgan fingerprint density at radius 3 is 2.69 bits per heavy atom. The summed E-state index contributed by atoms with van der Waals surface area (Å²) in [6.45, 7) is 8.15. The number of hydrogen-bond donors (Lipinski definition) is 2. The Morgan fingerprint density at radius 1 is 1.24 bits per heavy atom. The smallest absolute Gasteiger partial charge is 0.142 e. The van der Waals surface area contributed by atoms with Crippen LogP contribution < -0.4 is 11.1 Å². The predicted octanol–water partition coefficient (Wildman–Crippen LogP) is 6.12. The summed E-state index contributed by atoms with van der Waals surface area (Å²) in [4.78, 5) is 16.4. The van der Waals surface area contributed by atoms with Gasteiger partial charge in [0.25, 0.3) is 0 Å². The van der Waals surface area contributed by atoms with Crippen molar-refractivity contribution in [3.63, 3.8) is 0 Å². The van der Waals surface area contributed by atoms with Crippen LogP contribution in [0.4, 0.5) is 11.5 Å². The maximum Gasteiger partial charge on any atom is 0.142 e. The molecule has 5 nitrogen and oxygen atoms in total. The molecule has 1 atom stereocenters. The van der Waals surface area contributed by atoms with Gasteiger partial charge in [-0.05, 0) is 58.8 Å². The number of hydrogen-bond acceptors (Lipinski definition) is 6. The minimum atomic E-state index is 0.410. The summed E-state index contributed by atoms with van der Waals surface area (Å²) < 4.78 is 0.942. The van der Waals surface area contributed by atoms with Crippen LogP contribution >= 0.6 is 11.3 Å². The fourth-order valence-electron chi connectivity index (χ4n) is 3.89. The van der Waals surface area contributed by atoms with Gasteiger partial charge in [0, 0.05) is 22.9 Å². The van der Waals surface area contributed by atoms with Crippen molar-refractivity contribution in [2.45, 2.75) is 26.7 Å². The zero-order valence-electron chi connectivity index (χ0n) is 16.8. The number of rotatable bonds is 6. The lowest BCUT2D eigenvalue weighted by Gasteiger charge is -2.15. The van der Waals surface area contributed by atoms with E-state index in [0.717, 1.165) is 50.8 Å². The van der Waals surface area contributed by atoms with Gasteiger partial charge in [-0.3, -0.25) is 0 Å². The van der Waals surface area contributed by atoms with Crippen LogP contribution in [-0.4, -0.2) is 18.1 Å². The first-order valence-corrected chi connectivity index (χ1v) is 10.7. The van der Waals surface area contributed by atoms with Gasteiger partial charge in [-0.1, -0.05) is 38.1 Å². The third-order valence-electron chi connectivity index (χ3n) is 5.44. The first kappa shape index (κ1) is 19.5. The van der Waals surface area contributed by atoms with Crippen LogP contribution in [0, 0.1) is 11.8 Å². The highest BCUT2D eigenvalue weighted by Gasteiger charge is 2.19. The number of nitrogen functional groups attached to an aromatic ring is 1. The molecular weight excluding hydrogens is 380 g/mol. The minimum Gasteiger partial charge on any atom is -0.382 e. The number of nitrogens with one attached hydrogen (secondary N) is 1. The molecule has 0 saturated heterocycles. The average molecular weight is 405 g/mol. The number of nitrogens with zero attached hydrogens (tertiary/aromatic N) is 2. The Balaban J connectivity index is 1.94. The van der Waals surface area contributed by atoms with E-state index in [2.05, 4.69) is 53.6 Å². The Hall–Kier alpha value is -2.83. The van der Waals surface area contributed by atoms with E-state index in [1.165, 1.54) is 5.56 Å². The Kier molecular flexibility index (Phi) is 5.30. The molecule has 0 spiro atoms. The van der Waals surface area contributed by atoms with E-state index in [-0.39, 0.29) is 0 Å². The highest BCUT2D eigenvalue weighted by atomic mass is 32.1. The minimum absolute atomic E-state index is 0.410. The molecule has 0 aliphatic carbocycles. The largest absolute Gasteiger partial charge is 0.382 e. The van der Waals surface area contributed by atoms with Crippen molar-refractivity contribution in [2.24, 2.45) is 5.18 Å². The normalized spacial score (nSPS) is 12.5. The first-order valence-electron chi connectivity index (χ1n) is 9.79. The number of nitrogens with two attached hydrogens (primary N) is 1. The van der Waals surface area contributed by atoms with Gasteiger partial charge in [-0.25, -0.2) is 4.98 Å². The lowest BCUT2D eigenvalue weighted by atomic mass is 9.92. The van der Waals surface area contributed by atoms with Crippen LogP contribution in [-0.2, 0) is 0 Å². The summed E-state index contributed by atoms with van der Waals surface area (Å²) in [6, 6.07) is 12.3. The number of pyridine rings is 1. The second kappa shape index (κ2) is 7.89. The van der Waals surface area contributed by atoms with E-state index in [9.17, 15) is 4.91 Å². The molecular formula is C23H24N4OS. The number of anilines is 1. The van der Waals surface area contributed by atoms with Crippen molar-refractivity contribution in [1.82, 2.24) is 10.3 Å². The molecule has 6 heteroatoms. The molecule has 0 unspecified atom stereocenters. The SMILES string of the molecule is CCNC[C@H](C)c1ccc(-c2c(N=O)cc(C)c3nc(N)c4sccc4c23)cc1. The highest BCUT2D eigenvalue weighted by molar-refractivity contribution is 7.18. The Bertz CT molecular complexity index is 1200. The number of nitroso groups, excluding NO2 is 1. The van der Waals surface area contributed by atoms with Crippen LogP contribution in [0.5, 0.6) is 0 Å². The number of thiophene rings is 1. The summed E-state index contributed by atoms with van der Waals surface area (Å²) in [5.41, 5.74) is 11.4. The van der Waals surface area contributed by atoms with Crippen LogP contribution in [0.1, 0.15) is 30.9 Å². The molecule has 0 aliphatic rings. The zero-order valence-corrected chi connectivity index (χ0v) is 17.6. The predicted molar refractivity (Wildman–Crippen MR) is 124 cm³/mol. The van der Waals surface area contributed by atoms with E-state index in [4.69, 9.17) is 5.73 Å². The average Bonchev–Trinajstić information content (AvgIpc) is 3.23. The molecule has 2 heterocycles. The van der Waals surface area contributed by atoms with Gasteiger partial charge in [0.15, 0.2) is 0 Å². The number of likely N-dealkylation sites (N-methyl/N-ethyl adjacent to an activating group) is 1. The number of aromatic nitrogens is 1. The first-order chi connectivity index (χ1) is 14.0. The van der Waals surface area contributed by atoms with Crippen molar-refractivity contribution in [3.05, 3.63) is 57.8 Å². The summed E-state index contributed by atoms with van der Waals surface area (Å²) >= 11 is 1.56. The third-order valence-corrected chi connectivity index (χ3v) is 6.37. The van der Waals surface area contributed by atoms with Crippen molar-refractivity contribution < 1.29 is 0 Å². The van der Waals surface area contributed by atoms with Crippen LogP contribution in [0.15, 0.2) is 47.0 Å². The van der Waals surface area contributed by atoms with Crippen LogP contribution in [0.25, 0.3) is 32.1 Å². The van der Waals surface area contributed by atoms with Gasteiger partial charge in [0.1, 0.15) is 11.5 Å². The van der Waals surface area contributed by atoms with Gasteiger partial charge in [0.05, 0.1) is 10.2 Å². The summed E-state index contributed by atoms with van der Waals surface area (Å²) in [5, 5.41) is 10.7. The topological polar surface area (TPSA) is 80.4 Å². The van der Waals surface area contributed by atoms with Gasteiger partial charge < -0.3 is 11.1 Å². The van der Waals surface area contributed by atoms with Crippen LogP contribution in [0.2, 0.25) is 0 Å². The summed E-state index contributed by atoms with van der Waals surface area (Å²) in [5.74, 6) is 0.934. The molecule has 2 aromatic carbocycles. The Morgan fingerprint density at radius 2 is 2.00 bits per heavy atom. The third kappa shape index (κ3) is 3.39. The second-order valence-corrected chi connectivity index (χ2v) is 8.31. The number of aryl methyl sites for hydroxylation is 1. The van der Waals surface area contributed by atoms with Crippen LogP contribution in [0.3, 0.4) is 0 Å². The van der Waals surface area contributed by atoms with Crippen molar-refractivity contribution >= 4 is 43.8 Å². The molecule has 0 aliphatic heterocycles. The molecule has 0 fully saturated rings. The summed E-state index contributed by atoms with van der Waals surface area (Å²) in [6.07, 6.45) is 0. The number of fused-ring (bicyclic) bond motifs is 3. The molecule has 0 bridgehead atoms. The zero-order chi connectivity index (χ0) is 20.5. The van der Waals surface area contributed by atoms with E-state index in [1.54, 1.807) is 17.4 Å². The van der Waals surface area contributed by atoms with E-state index < -0.39 is 0 Å². The maximum absolute atomic E-state index is 11.7. The van der Waals surface area contributed by atoms with E-state index in [0.29, 0.717) is 17.4 Å². The van der Waals surface area contributed by atoms with Crippen molar-refractivity contribution in [1.29, 1.82) is 0 Å². The molecule has 29 heavy (non-hydrogen) atoms. The van der Waals surface area contributed by atoms with Crippen molar-refractivity contribution in [2.75, 3.05) is 18.8 Å². The molecule has 148 valence electrons. The summed E-state index contributed by atoms with van der Waals surface area (Å²) in [7, 11) is 0. The second-order valence-electron chi connectivity index (χ2n) is 7.39. The molecule has 4 rings (SSSR count). The monoisotopic (exact) mass is 404 g/mol. The number of benzene rings is 2. The Labute approximate surface area is 173 Å². The van der Waals surface area contributed by atoms with E-state index >= 15 is 0 Å². The molecule has 0 radical (unpaired) electrons. The molecule has 2 aromatic heterocycles. The van der Waals surface area contributed by atoms with Gasteiger partial charge >= 0.3 is 0 Å². The standard InChI is InChI=1S/C23H24N4OS/c1-4-25-12-14(3)15-5-7-16(8-6-15)19-18(27-28)11-13(2)21-20(19)17-9-10-29-22(17)23(24)26-21/h5-11,14,25H,4,12H2,1-3H3,(H2,24,26)/t14-/m0/s1. The van der Waals surface area contributed by atoms with Gasteiger partial charge in [-0.15, -0.1) is 16.2 Å². The van der Waals surface area contributed by atoms with E-state index in [1.807, 2.05) is 18.4 Å². The fourth-order valence-corrected chi connectivity index (χ4v) is 4.70. The molecule has 0 amide bonds. The lowest BCUT2D eigenvalue weighted by molar-refractivity contribution is 0.635. The maximum atomic E-state index is 11.7. The van der Waals surface area contributed by atoms with Crippen molar-refractivity contribution in [3.8, 4) is 11.1 Å². The molecule has 4 aromatic rings. The quantitative estimate of drug-likeness (QED) is 0.379. The highest BCUT2D eigenvalue weighted by Crippen LogP contribution is 2.44.